The molecule has 0 fully saturated rings. The van der Waals surface area contributed by atoms with Gasteiger partial charge in [-0.15, -0.1) is 0 Å². The molecule has 0 atom stereocenters. The van der Waals surface area contributed by atoms with Crippen molar-refractivity contribution in [2.75, 3.05) is 0 Å². The number of nitrogens with zero attached hydrogens (tertiary/aromatic N) is 1. The summed E-state index contributed by atoms with van der Waals surface area (Å²) in [4.78, 5) is 8.50. The SMILES string of the molecule is CCCC1=NOOO1. The van der Waals surface area contributed by atoms with Crippen LogP contribution >= 0.6 is 0 Å². The van der Waals surface area contributed by atoms with Crippen LogP contribution in [0.15, 0.2) is 5.16 Å². The highest BCUT2D eigenvalue weighted by Crippen LogP contribution is 2.02. The van der Waals surface area contributed by atoms with Crippen molar-refractivity contribution in [3.63, 3.8) is 0 Å². The third kappa shape index (κ3) is 1.10. The third-order valence-corrected chi connectivity index (χ3v) is 0.764. The lowest BCUT2D eigenvalue weighted by Gasteiger charge is -1.86. The van der Waals surface area contributed by atoms with E-state index in [9.17, 15) is 0 Å². The summed E-state index contributed by atoms with van der Waals surface area (Å²) in [7, 11) is 0. The van der Waals surface area contributed by atoms with Crippen molar-refractivity contribution in [3.05, 3.63) is 0 Å². The van der Waals surface area contributed by atoms with E-state index in [2.05, 4.69) is 20.1 Å². The van der Waals surface area contributed by atoms with E-state index in [1.807, 2.05) is 6.92 Å². The van der Waals surface area contributed by atoms with Crippen LogP contribution in [0.5, 0.6) is 0 Å². The van der Waals surface area contributed by atoms with Gasteiger partial charge in [-0.05, 0) is 11.6 Å². The van der Waals surface area contributed by atoms with Crippen molar-refractivity contribution in [2.24, 2.45) is 5.16 Å². The van der Waals surface area contributed by atoms with Gasteiger partial charge >= 0.3 is 0 Å². The van der Waals surface area contributed by atoms with E-state index < -0.39 is 0 Å². The van der Waals surface area contributed by atoms with Gasteiger partial charge in [0.05, 0.1) is 5.04 Å². The molecule has 0 saturated heterocycles. The Labute approximate surface area is 46.9 Å². The lowest BCUT2D eigenvalue weighted by Crippen LogP contribution is -1.94. The molecule has 0 amide bonds. The Morgan fingerprint density at radius 1 is 1.62 bits per heavy atom. The number of oxime groups is 1. The molecule has 8 heavy (non-hydrogen) atoms. The summed E-state index contributed by atoms with van der Waals surface area (Å²) >= 11 is 0. The van der Waals surface area contributed by atoms with E-state index in [1.165, 1.54) is 0 Å². The molecule has 4 heteroatoms. The minimum atomic E-state index is 0.507. The van der Waals surface area contributed by atoms with Crippen LogP contribution in [-0.4, -0.2) is 5.90 Å². The molecule has 46 valence electrons. The maximum atomic E-state index is 4.42. The van der Waals surface area contributed by atoms with E-state index in [0.717, 1.165) is 12.8 Å². The van der Waals surface area contributed by atoms with E-state index in [4.69, 9.17) is 0 Å². The first kappa shape index (κ1) is 5.37. The Balaban J connectivity index is 2.23. The monoisotopic (exact) mass is 117 g/mol. The van der Waals surface area contributed by atoms with E-state index >= 15 is 0 Å². The van der Waals surface area contributed by atoms with Crippen LogP contribution < -0.4 is 0 Å². The second kappa shape index (κ2) is 2.52. The molecule has 0 saturated carbocycles. The fourth-order valence-electron chi connectivity index (χ4n) is 0.428. The maximum Gasteiger partial charge on any atom is 0.276 e. The first-order valence-corrected chi connectivity index (χ1v) is 2.50. The molecule has 1 rings (SSSR count). The quantitative estimate of drug-likeness (QED) is 0.506. The second-order valence-corrected chi connectivity index (χ2v) is 1.46. The Kier molecular flexibility index (Phi) is 1.69. The van der Waals surface area contributed by atoms with Crippen LogP contribution in [0.2, 0.25) is 0 Å². The number of hydrogen-bond acceptors (Lipinski definition) is 4. The van der Waals surface area contributed by atoms with Gasteiger partial charge in [-0.3, -0.25) is 4.89 Å². The highest BCUT2D eigenvalue weighted by Gasteiger charge is 2.08. The molecule has 4 nitrogen and oxygen atoms in total. The van der Waals surface area contributed by atoms with Crippen molar-refractivity contribution in [2.45, 2.75) is 19.8 Å². The zero-order chi connectivity index (χ0) is 5.82. The van der Waals surface area contributed by atoms with Crippen LogP contribution in [0, 0.1) is 0 Å². The Bertz CT molecular complexity index is 101. The third-order valence-electron chi connectivity index (χ3n) is 0.764. The van der Waals surface area contributed by atoms with Crippen molar-refractivity contribution < 1.29 is 14.9 Å². The number of rotatable bonds is 2. The Morgan fingerprint density at radius 2 is 2.50 bits per heavy atom. The summed E-state index contributed by atoms with van der Waals surface area (Å²) in [6, 6.07) is 0. The van der Waals surface area contributed by atoms with Crippen molar-refractivity contribution in [1.82, 2.24) is 0 Å². The maximum absolute atomic E-state index is 4.42. The lowest BCUT2D eigenvalue weighted by molar-refractivity contribution is -0.452. The van der Waals surface area contributed by atoms with Gasteiger partial charge in [0.25, 0.3) is 5.90 Å². The standard InChI is InChI=1S/C4H7NO3/c1-2-3-4-5-7-8-6-4/h2-3H2,1H3. The summed E-state index contributed by atoms with van der Waals surface area (Å²) in [6.07, 6.45) is 1.74. The van der Waals surface area contributed by atoms with E-state index in [-0.39, 0.29) is 0 Å². The average molecular weight is 117 g/mol. The minimum Gasteiger partial charge on any atom is -0.278 e. The summed E-state index contributed by atoms with van der Waals surface area (Å²) < 4.78 is 0. The fourth-order valence-corrected chi connectivity index (χ4v) is 0.428. The first-order valence-electron chi connectivity index (χ1n) is 2.50. The van der Waals surface area contributed by atoms with Crippen molar-refractivity contribution >= 4 is 5.90 Å². The molecule has 0 aromatic rings. The molecular formula is C4H7NO3. The predicted molar refractivity (Wildman–Crippen MR) is 25.6 cm³/mol. The first-order chi connectivity index (χ1) is 3.93. The van der Waals surface area contributed by atoms with E-state index in [1.54, 1.807) is 0 Å². The van der Waals surface area contributed by atoms with Crippen LogP contribution in [0.4, 0.5) is 0 Å². The fraction of sp³-hybridized carbons (Fsp3) is 0.750. The molecule has 0 aromatic heterocycles. The van der Waals surface area contributed by atoms with Gasteiger partial charge in [-0.25, -0.2) is 0 Å². The lowest BCUT2D eigenvalue weighted by atomic mass is 10.3. The van der Waals surface area contributed by atoms with Crippen molar-refractivity contribution in [1.29, 1.82) is 0 Å². The Hall–Kier alpha value is -0.770. The highest BCUT2D eigenvalue weighted by molar-refractivity contribution is 5.75. The molecule has 0 unspecified atom stereocenters. The largest absolute Gasteiger partial charge is 0.278 e. The molecule has 1 aliphatic heterocycles. The zero-order valence-electron chi connectivity index (χ0n) is 4.59. The van der Waals surface area contributed by atoms with Crippen LogP contribution in [0.1, 0.15) is 19.8 Å². The molecule has 0 aliphatic carbocycles. The van der Waals surface area contributed by atoms with Gasteiger partial charge in [0.15, 0.2) is 0 Å². The van der Waals surface area contributed by atoms with Crippen LogP contribution in [-0.2, 0) is 14.9 Å². The topological polar surface area (TPSA) is 40.0 Å². The molecule has 1 heterocycles. The second-order valence-electron chi connectivity index (χ2n) is 1.46. The molecule has 0 bridgehead atoms. The Morgan fingerprint density at radius 3 is 3.00 bits per heavy atom. The van der Waals surface area contributed by atoms with Crippen LogP contribution in [0.3, 0.4) is 0 Å². The minimum absolute atomic E-state index is 0.507. The molecule has 0 N–H and O–H groups in total. The van der Waals surface area contributed by atoms with Gasteiger partial charge in [0.1, 0.15) is 0 Å². The van der Waals surface area contributed by atoms with Gasteiger partial charge in [0.2, 0.25) is 0 Å². The molecule has 1 aliphatic rings. The highest BCUT2D eigenvalue weighted by atomic mass is 17.6. The van der Waals surface area contributed by atoms with E-state index in [0.29, 0.717) is 5.90 Å². The molecule has 0 spiro atoms. The molecule has 0 radical (unpaired) electrons. The van der Waals surface area contributed by atoms with Gasteiger partial charge < -0.3 is 0 Å². The number of hydrogen-bond donors (Lipinski definition) is 0. The van der Waals surface area contributed by atoms with Gasteiger partial charge in [-0.1, -0.05) is 6.92 Å². The van der Waals surface area contributed by atoms with Crippen LogP contribution in [0.25, 0.3) is 0 Å². The van der Waals surface area contributed by atoms with Gasteiger partial charge in [0, 0.05) is 6.42 Å². The molecule has 0 aromatic carbocycles. The van der Waals surface area contributed by atoms with Gasteiger partial charge in [-0.2, -0.15) is 4.99 Å². The predicted octanol–water partition coefficient (Wildman–Crippen LogP) is 0.993. The summed E-state index contributed by atoms with van der Waals surface area (Å²) in [5, 5.41) is 7.40. The smallest absolute Gasteiger partial charge is 0.276 e. The zero-order valence-corrected chi connectivity index (χ0v) is 4.59. The summed E-state index contributed by atoms with van der Waals surface area (Å²) in [5.74, 6) is 0.507. The summed E-state index contributed by atoms with van der Waals surface area (Å²) in [5.41, 5.74) is 0. The molecular weight excluding hydrogens is 110 g/mol. The average Bonchev–Trinajstić information content (AvgIpc) is 2.19. The summed E-state index contributed by atoms with van der Waals surface area (Å²) in [6.45, 7) is 2.02. The van der Waals surface area contributed by atoms with Crippen molar-refractivity contribution in [3.8, 4) is 0 Å². The normalized spacial score (nSPS) is 16.9.